The van der Waals surface area contributed by atoms with E-state index in [-0.39, 0.29) is 12.2 Å². The number of hydrogen-bond donors (Lipinski definition) is 7. The van der Waals surface area contributed by atoms with Crippen molar-refractivity contribution >= 4 is 29.7 Å². The van der Waals surface area contributed by atoms with Crippen LogP contribution in [-0.2, 0) is 30.4 Å². The summed E-state index contributed by atoms with van der Waals surface area (Å²) in [7, 11) is 0. The predicted molar refractivity (Wildman–Crippen MR) is 116 cm³/mol. The van der Waals surface area contributed by atoms with Gasteiger partial charge in [0.05, 0.1) is 13.0 Å². The number of carbonyl (C=O) groups is 5. The molecule has 0 bridgehead atoms. The number of carboxylic acid groups (broad SMARTS) is 2. The second-order valence-corrected chi connectivity index (χ2v) is 7.56. The molecule has 0 spiro atoms. The molecule has 0 aliphatic carbocycles. The van der Waals surface area contributed by atoms with E-state index in [0.717, 1.165) is 0 Å². The molecule has 3 amide bonds. The van der Waals surface area contributed by atoms with E-state index in [9.17, 15) is 34.2 Å². The van der Waals surface area contributed by atoms with E-state index in [4.69, 9.17) is 10.8 Å². The summed E-state index contributed by atoms with van der Waals surface area (Å²) in [4.78, 5) is 59.9. The summed E-state index contributed by atoms with van der Waals surface area (Å²) in [6.45, 7) is 2.95. The summed E-state index contributed by atoms with van der Waals surface area (Å²) in [5.74, 6) is -5.52. The van der Waals surface area contributed by atoms with Crippen molar-refractivity contribution in [2.45, 2.75) is 51.2 Å². The number of carboxylic acids is 2. The lowest BCUT2D eigenvalue weighted by Gasteiger charge is -2.27. The molecular formula is C21H30N4O8. The third kappa shape index (κ3) is 9.15. The molecule has 1 rings (SSSR count). The summed E-state index contributed by atoms with van der Waals surface area (Å²) in [5.41, 5.74) is 5.75. The molecule has 12 nitrogen and oxygen atoms in total. The highest BCUT2D eigenvalue weighted by Crippen LogP contribution is 2.13. The summed E-state index contributed by atoms with van der Waals surface area (Å²) >= 11 is 0. The lowest BCUT2D eigenvalue weighted by atomic mass is 9.96. The Balaban J connectivity index is 3.01. The number of nitrogens with one attached hydrogen (secondary N) is 3. The van der Waals surface area contributed by atoms with Gasteiger partial charge in [-0.15, -0.1) is 0 Å². The molecule has 0 heterocycles. The third-order valence-electron chi connectivity index (χ3n) is 5.00. The standard InChI is InChI=1S/C21H30N4O8/c1-3-11(2)18(25-19(30)14(9-17(28)29)23-16(27)10-22)20(31)24-15(21(32)33)8-12-4-6-13(26)7-5-12/h4-7,11,14-15,18,26H,3,8-10,22H2,1-2H3,(H,23,27)(H,24,31)(H,25,30)(H,28,29)(H,32,33). The quantitative estimate of drug-likeness (QED) is 0.189. The Morgan fingerprint density at radius 1 is 0.939 bits per heavy atom. The number of phenols is 1. The first-order valence-electron chi connectivity index (χ1n) is 10.3. The van der Waals surface area contributed by atoms with Crippen molar-refractivity contribution < 1.29 is 39.3 Å². The van der Waals surface area contributed by atoms with E-state index in [1.165, 1.54) is 24.3 Å². The molecule has 0 aliphatic rings. The number of nitrogens with two attached hydrogens (primary N) is 1. The molecule has 33 heavy (non-hydrogen) atoms. The number of amides is 3. The Kier molecular flexibility index (Phi) is 10.8. The van der Waals surface area contributed by atoms with Crippen LogP contribution in [0, 0.1) is 5.92 Å². The molecule has 0 aliphatic heterocycles. The number of rotatable bonds is 13. The maximum absolute atomic E-state index is 12.9. The lowest BCUT2D eigenvalue weighted by molar-refractivity contribution is -0.143. The number of carbonyl (C=O) groups excluding carboxylic acids is 3. The minimum absolute atomic E-state index is 0.00634. The van der Waals surface area contributed by atoms with Crippen LogP contribution in [0.25, 0.3) is 0 Å². The molecule has 8 N–H and O–H groups in total. The topological polar surface area (TPSA) is 208 Å². The fraction of sp³-hybridized carbons (Fsp3) is 0.476. The zero-order valence-electron chi connectivity index (χ0n) is 18.4. The van der Waals surface area contributed by atoms with Crippen molar-refractivity contribution in [2.24, 2.45) is 11.7 Å². The van der Waals surface area contributed by atoms with Gasteiger partial charge in [0.1, 0.15) is 23.9 Å². The van der Waals surface area contributed by atoms with Gasteiger partial charge in [-0.3, -0.25) is 19.2 Å². The molecule has 4 unspecified atom stereocenters. The van der Waals surface area contributed by atoms with Crippen LogP contribution in [0.2, 0.25) is 0 Å². The minimum Gasteiger partial charge on any atom is -0.508 e. The summed E-state index contributed by atoms with van der Waals surface area (Å²) in [6.07, 6.45) is -0.367. The summed E-state index contributed by atoms with van der Waals surface area (Å²) < 4.78 is 0. The first-order chi connectivity index (χ1) is 15.5. The average molecular weight is 466 g/mol. The highest BCUT2D eigenvalue weighted by Gasteiger charge is 2.33. The molecule has 0 fully saturated rings. The van der Waals surface area contributed by atoms with Gasteiger partial charge in [0.2, 0.25) is 17.7 Å². The largest absolute Gasteiger partial charge is 0.508 e. The zero-order chi connectivity index (χ0) is 25.1. The second kappa shape index (κ2) is 13.0. The first kappa shape index (κ1) is 27.4. The van der Waals surface area contributed by atoms with Crippen LogP contribution < -0.4 is 21.7 Å². The van der Waals surface area contributed by atoms with E-state index < -0.39 is 66.7 Å². The smallest absolute Gasteiger partial charge is 0.326 e. The van der Waals surface area contributed by atoms with Crippen molar-refractivity contribution in [3.63, 3.8) is 0 Å². The fourth-order valence-corrected chi connectivity index (χ4v) is 2.92. The van der Waals surface area contributed by atoms with Crippen LogP contribution in [0.5, 0.6) is 5.75 Å². The van der Waals surface area contributed by atoms with Gasteiger partial charge >= 0.3 is 11.9 Å². The molecule has 182 valence electrons. The molecule has 0 saturated heterocycles. The number of aromatic hydroxyl groups is 1. The van der Waals surface area contributed by atoms with Crippen LogP contribution in [-0.4, -0.2) is 69.7 Å². The third-order valence-corrected chi connectivity index (χ3v) is 5.00. The summed E-state index contributed by atoms with van der Waals surface area (Å²) in [5, 5.41) is 34.9. The van der Waals surface area contributed by atoms with E-state index in [0.29, 0.717) is 12.0 Å². The molecule has 1 aromatic carbocycles. The molecule has 12 heteroatoms. The van der Waals surface area contributed by atoms with E-state index in [2.05, 4.69) is 16.0 Å². The van der Waals surface area contributed by atoms with Gasteiger partial charge in [0, 0.05) is 6.42 Å². The fourth-order valence-electron chi connectivity index (χ4n) is 2.92. The Morgan fingerprint density at radius 2 is 1.55 bits per heavy atom. The minimum atomic E-state index is -1.47. The normalized spacial score (nSPS) is 14.3. The molecule has 0 radical (unpaired) electrons. The van der Waals surface area contributed by atoms with Crippen molar-refractivity contribution in [2.75, 3.05) is 6.54 Å². The Bertz CT molecular complexity index is 858. The van der Waals surface area contributed by atoms with Gasteiger partial charge in [0.15, 0.2) is 0 Å². The van der Waals surface area contributed by atoms with Crippen molar-refractivity contribution in [3.05, 3.63) is 29.8 Å². The molecule has 4 atom stereocenters. The Hall–Kier alpha value is -3.67. The Labute approximate surface area is 190 Å². The number of benzene rings is 1. The molecule has 1 aromatic rings. The van der Waals surface area contributed by atoms with Crippen molar-refractivity contribution in [1.82, 2.24) is 16.0 Å². The van der Waals surface area contributed by atoms with Gasteiger partial charge in [-0.2, -0.15) is 0 Å². The van der Waals surface area contributed by atoms with Crippen molar-refractivity contribution in [3.8, 4) is 5.75 Å². The highest BCUT2D eigenvalue weighted by molar-refractivity contribution is 5.95. The summed E-state index contributed by atoms with van der Waals surface area (Å²) in [6, 6.07) is 1.83. The molecular weight excluding hydrogens is 436 g/mol. The second-order valence-electron chi connectivity index (χ2n) is 7.56. The lowest BCUT2D eigenvalue weighted by Crippen LogP contribution is -2.58. The van der Waals surface area contributed by atoms with Gasteiger partial charge in [-0.1, -0.05) is 32.4 Å². The van der Waals surface area contributed by atoms with Crippen LogP contribution in [0.15, 0.2) is 24.3 Å². The van der Waals surface area contributed by atoms with Crippen LogP contribution >= 0.6 is 0 Å². The van der Waals surface area contributed by atoms with Crippen LogP contribution in [0.1, 0.15) is 32.3 Å². The number of hydrogen-bond acceptors (Lipinski definition) is 7. The van der Waals surface area contributed by atoms with Gasteiger partial charge in [-0.05, 0) is 23.6 Å². The highest BCUT2D eigenvalue weighted by atomic mass is 16.4. The monoisotopic (exact) mass is 466 g/mol. The maximum atomic E-state index is 12.9. The number of phenolic OH excluding ortho intramolecular Hbond substituents is 1. The van der Waals surface area contributed by atoms with E-state index >= 15 is 0 Å². The molecule has 0 saturated carbocycles. The predicted octanol–water partition coefficient (Wildman–Crippen LogP) is -1.05. The van der Waals surface area contributed by atoms with Crippen LogP contribution in [0.3, 0.4) is 0 Å². The van der Waals surface area contributed by atoms with Crippen LogP contribution in [0.4, 0.5) is 0 Å². The van der Waals surface area contributed by atoms with Gasteiger partial charge in [0.25, 0.3) is 0 Å². The molecule has 0 aromatic heterocycles. The first-order valence-corrected chi connectivity index (χ1v) is 10.3. The van der Waals surface area contributed by atoms with E-state index in [1.807, 2.05) is 0 Å². The van der Waals surface area contributed by atoms with Gasteiger partial charge in [-0.25, -0.2) is 4.79 Å². The van der Waals surface area contributed by atoms with Gasteiger partial charge < -0.3 is 37.0 Å². The Morgan fingerprint density at radius 3 is 2.03 bits per heavy atom. The average Bonchev–Trinajstić information content (AvgIpc) is 2.76. The van der Waals surface area contributed by atoms with E-state index in [1.54, 1.807) is 13.8 Å². The maximum Gasteiger partial charge on any atom is 0.326 e. The zero-order valence-corrected chi connectivity index (χ0v) is 18.4. The number of aliphatic carboxylic acids is 2. The SMILES string of the molecule is CCC(C)C(NC(=O)C(CC(=O)O)NC(=O)CN)C(=O)NC(Cc1ccc(O)cc1)C(=O)O. The van der Waals surface area contributed by atoms with Crippen molar-refractivity contribution in [1.29, 1.82) is 0 Å².